The predicted octanol–water partition coefficient (Wildman–Crippen LogP) is 2.22. The molecule has 0 spiro atoms. The van der Waals surface area contributed by atoms with Gasteiger partial charge in [-0.05, 0) is 38.0 Å². The first-order valence-electron chi connectivity index (χ1n) is 6.71. The fourth-order valence-electron chi connectivity index (χ4n) is 2.11. The lowest BCUT2D eigenvalue weighted by Gasteiger charge is -2.42. The molecule has 0 radical (unpaired) electrons. The molecule has 0 aromatic carbocycles. The van der Waals surface area contributed by atoms with Gasteiger partial charge in [-0.3, -0.25) is 4.79 Å². The maximum atomic E-state index is 11.5. The zero-order chi connectivity index (χ0) is 14.6. The predicted molar refractivity (Wildman–Crippen MR) is 77.7 cm³/mol. The summed E-state index contributed by atoms with van der Waals surface area (Å²) in [6.45, 7) is 15.1. The van der Waals surface area contributed by atoms with E-state index in [1.165, 1.54) is 0 Å². The van der Waals surface area contributed by atoms with Gasteiger partial charge in [0, 0.05) is 5.54 Å². The highest BCUT2D eigenvalue weighted by atomic mass is 16.6. The molecule has 0 heterocycles. The lowest BCUT2D eigenvalue weighted by Crippen LogP contribution is -2.57. The zero-order valence-corrected chi connectivity index (χ0v) is 13.0. The van der Waals surface area contributed by atoms with E-state index in [4.69, 9.17) is 5.90 Å². The maximum absolute atomic E-state index is 11.5. The fraction of sp³-hybridized carbons (Fsp3) is 0.923. The Balaban J connectivity index is 5.01. The molecule has 2 atom stereocenters. The van der Waals surface area contributed by atoms with E-state index < -0.39 is 0 Å². The van der Waals surface area contributed by atoms with E-state index in [0.29, 0.717) is 13.2 Å². The van der Waals surface area contributed by atoms with Crippen molar-refractivity contribution >= 4 is 13.1 Å². The van der Waals surface area contributed by atoms with Crippen LogP contribution in [0.3, 0.4) is 0 Å². The number of carbonyl (C=O) groups is 1. The van der Waals surface area contributed by atoms with E-state index in [2.05, 4.69) is 58.6 Å². The fourth-order valence-corrected chi connectivity index (χ4v) is 2.11. The third kappa shape index (κ3) is 5.40. The lowest BCUT2D eigenvalue weighted by atomic mass is 9.54. The van der Waals surface area contributed by atoms with Gasteiger partial charge in [0.1, 0.15) is 0 Å². The van der Waals surface area contributed by atoms with Gasteiger partial charge in [0.2, 0.25) is 0 Å². The van der Waals surface area contributed by atoms with Crippen molar-refractivity contribution in [1.82, 2.24) is 5.32 Å². The normalized spacial score (nSPS) is 16.0. The third-order valence-electron chi connectivity index (χ3n) is 3.89. The van der Waals surface area contributed by atoms with E-state index >= 15 is 0 Å². The van der Waals surface area contributed by atoms with Gasteiger partial charge in [-0.15, -0.1) is 0 Å². The molecule has 0 saturated heterocycles. The van der Waals surface area contributed by atoms with Gasteiger partial charge in [0.15, 0.2) is 0 Å². The first-order chi connectivity index (χ1) is 8.04. The molecule has 18 heavy (non-hydrogen) atoms. The molecular weight excluding hydrogens is 227 g/mol. The van der Waals surface area contributed by atoms with Gasteiger partial charge in [-0.2, -0.15) is 5.90 Å². The Hall–Kier alpha value is -0.545. The second-order valence-corrected chi connectivity index (χ2v) is 6.77. The summed E-state index contributed by atoms with van der Waals surface area (Å²) in [5, 5.41) is 3.52. The van der Waals surface area contributed by atoms with Crippen LogP contribution in [-0.4, -0.2) is 24.6 Å². The summed E-state index contributed by atoms with van der Waals surface area (Å²) in [4.78, 5) is 15.8. The van der Waals surface area contributed by atoms with Crippen LogP contribution >= 0.6 is 0 Å². The van der Waals surface area contributed by atoms with Crippen LogP contribution in [0.25, 0.3) is 0 Å². The van der Waals surface area contributed by atoms with Gasteiger partial charge in [0.05, 0.1) is 0 Å². The van der Waals surface area contributed by atoms with Crippen molar-refractivity contribution in [1.29, 1.82) is 0 Å². The largest absolute Gasteiger partial charge is 0.385 e. The molecule has 0 bridgehead atoms. The monoisotopic (exact) mass is 256 g/mol. The Morgan fingerprint density at radius 1 is 1.33 bits per heavy atom. The summed E-state index contributed by atoms with van der Waals surface area (Å²) in [5.74, 6) is 5.14. The minimum atomic E-state index is -0.367. The Kier molecular flexibility index (Phi) is 6.37. The minimum Gasteiger partial charge on any atom is -0.385 e. The Bertz CT molecular complexity index is 275. The Morgan fingerprint density at radius 2 is 1.83 bits per heavy atom. The highest BCUT2D eigenvalue weighted by molar-refractivity contribution is 6.73. The van der Waals surface area contributed by atoms with Crippen molar-refractivity contribution < 1.29 is 9.63 Å². The molecule has 0 aromatic rings. The standard InChI is InChI=1S/C13H29BN2O2/c1-8-9(2)13(6,7)10(14-11(17)18-15)16-12(3,4)5/h9-10,14,16H,8,15H2,1-7H3. The van der Waals surface area contributed by atoms with Crippen molar-refractivity contribution in [2.75, 3.05) is 0 Å². The highest BCUT2D eigenvalue weighted by Gasteiger charge is 2.38. The number of hydrogen-bond acceptors (Lipinski definition) is 4. The van der Waals surface area contributed by atoms with Crippen molar-refractivity contribution in [2.24, 2.45) is 17.2 Å². The summed E-state index contributed by atoms with van der Waals surface area (Å²) in [6, 6.07) is 0. The van der Waals surface area contributed by atoms with Gasteiger partial charge in [0.25, 0.3) is 13.1 Å². The van der Waals surface area contributed by atoms with Crippen LogP contribution in [0.1, 0.15) is 54.9 Å². The molecule has 0 aliphatic carbocycles. The molecule has 0 amide bonds. The summed E-state index contributed by atoms with van der Waals surface area (Å²) in [6.07, 6.45) is 1.08. The molecule has 0 aliphatic rings. The first-order valence-corrected chi connectivity index (χ1v) is 6.71. The van der Waals surface area contributed by atoms with Crippen LogP contribution in [0.15, 0.2) is 0 Å². The van der Waals surface area contributed by atoms with E-state index in [0.717, 1.165) is 6.42 Å². The van der Waals surface area contributed by atoms with Gasteiger partial charge in [-0.25, -0.2) is 0 Å². The van der Waals surface area contributed by atoms with Crippen molar-refractivity contribution in [3.05, 3.63) is 0 Å². The minimum absolute atomic E-state index is 0.00375. The second kappa shape index (κ2) is 6.57. The topological polar surface area (TPSA) is 64.3 Å². The lowest BCUT2D eigenvalue weighted by molar-refractivity contribution is 0.158. The first kappa shape index (κ1) is 17.5. The van der Waals surface area contributed by atoms with Crippen molar-refractivity contribution in [2.45, 2.75) is 66.4 Å². The summed E-state index contributed by atoms with van der Waals surface area (Å²) in [7, 11) is 0.297. The molecule has 0 saturated carbocycles. The van der Waals surface area contributed by atoms with Crippen LogP contribution in [0.5, 0.6) is 0 Å². The molecule has 2 unspecified atom stereocenters. The van der Waals surface area contributed by atoms with Crippen LogP contribution in [0.2, 0.25) is 0 Å². The average Bonchev–Trinajstić information content (AvgIpc) is 2.24. The molecule has 4 nitrogen and oxygen atoms in total. The smallest absolute Gasteiger partial charge is 0.282 e. The summed E-state index contributed by atoms with van der Waals surface area (Å²) in [5.41, 5.74) is -0.0551. The average molecular weight is 256 g/mol. The number of nitrogens with two attached hydrogens (primary N) is 1. The quantitative estimate of drug-likeness (QED) is 0.565. The van der Waals surface area contributed by atoms with Gasteiger partial charge >= 0.3 is 0 Å². The maximum Gasteiger partial charge on any atom is 0.282 e. The van der Waals surface area contributed by atoms with E-state index in [1.54, 1.807) is 0 Å². The van der Waals surface area contributed by atoms with Gasteiger partial charge < -0.3 is 10.2 Å². The molecule has 0 fully saturated rings. The number of hydrogen-bond donors (Lipinski definition) is 2. The van der Waals surface area contributed by atoms with Crippen LogP contribution < -0.4 is 11.2 Å². The molecule has 5 heteroatoms. The van der Waals surface area contributed by atoms with E-state index in [-0.39, 0.29) is 22.8 Å². The van der Waals surface area contributed by atoms with Crippen LogP contribution in [-0.2, 0) is 4.84 Å². The SMILES string of the molecule is CCC(C)C(C)(C)C(BC(=O)ON)NC(C)(C)C. The van der Waals surface area contributed by atoms with Crippen LogP contribution in [0.4, 0.5) is 4.79 Å². The second-order valence-electron chi connectivity index (χ2n) is 6.77. The van der Waals surface area contributed by atoms with Crippen molar-refractivity contribution in [3.63, 3.8) is 0 Å². The van der Waals surface area contributed by atoms with Gasteiger partial charge in [-0.1, -0.05) is 34.1 Å². The van der Waals surface area contributed by atoms with E-state index in [1.807, 2.05) is 0 Å². The number of carbonyl (C=O) groups excluding carboxylic acids is 1. The summed E-state index contributed by atoms with van der Waals surface area (Å²) < 4.78 is 0. The molecule has 0 aromatic heterocycles. The number of rotatable bonds is 6. The van der Waals surface area contributed by atoms with Crippen molar-refractivity contribution in [3.8, 4) is 0 Å². The Morgan fingerprint density at radius 3 is 2.17 bits per heavy atom. The molecule has 3 N–H and O–H groups in total. The van der Waals surface area contributed by atoms with E-state index in [9.17, 15) is 4.79 Å². The number of nitrogens with one attached hydrogen (secondary N) is 1. The van der Waals surface area contributed by atoms with Crippen LogP contribution in [0, 0.1) is 11.3 Å². The Labute approximate surface area is 112 Å². The third-order valence-corrected chi connectivity index (χ3v) is 3.89. The molecule has 0 aliphatic heterocycles. The molecule has 0 rings (SSSR count). The molecule has 106 valence electrons. The molecular formula is C13H29BN2O2. The zero-order valence-electron chi connectivity index (χ0n) is 13.0. The highest BCUT2D eigenvalue weighted by Crippen LogP contribution is 2.33. The summed E-state index contributed by atoms with van der Waals surface area (Å²) >= 11 is 0.